The lowest BCUT2D eigenvalue weighted by Gasteiger charge is -2.16. The highest BCUT2D eigenvalue weighted by Crippen LogP contribution is 2.37. The first-order valence-electron chi connectivity index (χ1n) is 5.43. The Morgan fingerprint density at radius 1 is 1.25 bits per heavy atom. The number of halogens is 3. The molecule has 1 aliphatic rings. The van der Waals surface area contributed by atoms with Crippen LogP contribution in [0.4, 0.5) is 13.2 Å². The zero-order valence-corrected chi connectivity index (χ0v) is 9.06. The van der Waals surface area contributed by atoms with Crippen LogP contribution in [0.3, 0.4) is 0 Å². The molecular formula is C12H14F3N. The molecule has 2 rings (SSSR count). The summed E-state index contributed by atoms with van der Waals surface area (Å²) in [5.74, 6) is -3.00. The summed E-state index contributed by atoms with van der Waals surface area (Å²) in [5, 5.41) is 3.01. The summed E-state index contributed by atoms with van der Waals surface area (Å²) in [6.45, 7) is 0. The molecule has 16 heavy (non-hydrogen) atoms. The molecule has 1 unspecified atom stereocenters. The van der Waals surface area contributed by atoms with Crippen LogP contribution in [0.25, 0.3) is 0 Å². The third kappa shape index (κ3) is 2.38. The van der Waals surface area contributed by atoms with Crippen LogP contribution in [0.2, 0.25) is 0 Å². The molecule has 0 amide bonds. The highest BCUT2D eigenvalue weighted by Gasteiger charge is 2.26. The van der Waals surface area contributed by atoms with Crippen molar-refractivity contribution >= 4 is 0 Å². The average Bonchev–Trinajstić information content (AvgIpc) is 3.05. The van der Waals surface area contributed by atoms with Gasteiger partial charge in [0, 0.05) is 6.04 Å². The Balaban J connectivity index is 2.22. The molecule has 1 N–H and O–H groups in total. The van der Waals surface area contributed by atoms with E-state index in [0.29, 0.717) is 11.5 Å². The maximum absolute atomic E-state index is 13.0. The van der Waals surface area contributed by atoms with E-state index in [0.717, 1.165) is 18.6 Å². The number of hydrogen-bond acceptors (Lipinski definition) is 1. The van der Waals surface area contributed by atoms with Crippen molar-refractivity contribution in [3.8, 4) is 0 Å². The van der Waals surface area contributed by atoms with Crippen molar-refractivity contribution in [1.82, 2.24) is 5.32 Å². The van der Waals surface area contributed by atoms with E-state index in [1.54, 1.807) is 7.05 Å². The highest BCUT2D eigenvalue weighted by molar-refractivity contribution is 5.23. The number of rotatable bonds is 4. The van der Waals surface area contributed by atoms with E-state index in [9.17, 15) is 13.2 Å². The average molecular weight is 229 g/mol. The lowest BCUT2D eigenvalue weighted by molar-refractivity contribution is 0.437. The molecule has 88 valence electrons. The van der Waals surface area contributed by atoms with Crippen molar-refractivity contribution in [2.75, 3.05) is 7.05 Å². The Labute approximate surface area is 92.7 Å². The van der Waals surface area contributed by atoms with E-state index in [4.69, 9.17) is 0 Å². The summed E-state index contributed by atoms with van der Waals surface area (Å²) in [6, 6.07) is 2.04. The van der Waals surface area contributed by atoms with Crippen LogP contribution >= 0.6 is 0 Å². The van der Waals surface area contributed by atoms with Gasteiger partial charge in [-0.15, -0.1) is 0 Å². The molecule has 1 nitrogen and oxygen atoms in total. The van der Waals surface area contributed by atoms with Crippen molar-refractivity contribution in [3.63, 3.8) is 0 Å². The van der Waals surface area contributed by atoms with Gasteiger partial charge in [0.1, 0.15) is 0 Å². The lowest BCUT2D eigenvalue weighted by atomic mass is 10.0. The monoisotopic (exact) mass is 229 g/mol. The van der Waals surface area contributed by atoms with Crippen molar-refractivity contribution in [3.05, 3.63) is 35.1 Å². The maximum atomic E-state index is 13.0. The quantitative estimate of drug-likeness (QED) is 0.782. The zero-order chi connectivity index (χ0) is 11.7. The van der Waals surface area contributed by atoms with Gasteiger partial charge in [0.25, 0.3) is 0 Å². The van der Waals surface area contributed by atoms with Gasteiger partial charge < -0.3 is 5.32 Å². The van der Waals surface area contributed by atoms with Gasteiger partial charge in [-0.3, -0.25) is 0 Å². The van der Waals surface area contributed by atoms with Gasteiger partial charge in [0.2, 0.25) is 0 Å². The molecule has 0 heterocycles. The SMILES string of the molecule is CNC(CC1CC1)c1cc(F)c(F)c(F)c1. The molecule has 0 radical (unpaired) electrons. The molecule has 0 saturated heterocycles. The Bertz CT molecular complexity index is 365. The van der Waals surface area contributed by atoms with Crippen molar-refractivity contribution in [1.29, 1.82) is 0 Å². The maximum Gasteiger partial charge on any atom is 0.194 e. The third-order valence-corrected chi connectivity index (χ3v) is 3.02. The smallest absolute Gasteiger partial charge is 0.194 e. The molecule has 1 aromatic rings. The molecule has 1 aromatic carbocycles. The van der Waals surface area contributed by atoms with E-state index in [-0.39, 0.29) is 6.04 Å². The summed E-state index contributed by atoms with van der Waals surface area (Å²) < 4.78 is 38.9. The predicted molar refractivity (Wildman–Crippen MR) is 55.5 cm³/mol. The summed E-state index contributed by atoms with van der Waals surface area (Å²) in [4.78, 5) is 0. The standard InChI is InChI=1S/C12H14F3N/c1-16-11(4-7-2-3-7)8-5-9(13)12(15)10(14)6-8/h5-7,11,16H,2-4H2,1H3. The predicted octanol–water partition coefficient (Wildman–Crippen LogP) is 3.16. The normalized spacial score (nSPS) is 17.5. The van der Waals surface area contributed by atoms with Crippen LogP contribution in [0.1, 0.15) is 30.9 Å². The number of benzene rings is 1. The van der Waals surface area contributed by atoms with Gasteiger partial charge in [-0.25, -0.2) is 13.2 Å². The third-order valence-electron chi connectivity index (χ3n) is 3.02. The van der Waals surface area contributed by atoms with Crippen molar-refractivity contribution < 1.29 is 13.2 Å². The second-order valence-electron chi connectivity index (χ2n) is 4.32. The van der Waals surface area contributed by atoms with Gasteiger partial charge in [-0.05, 0) is 37.1 Å². The van der Waals surface area contributed by atoms with E-state index in [2.05, 4.69) is 5.32 Å². The van der Waals surface area contributed by atoms with Gasteiger partial charge in [0.05, 0.1) is 0 Å². The summed E-state index contributed by atoms with van der Waals surface area (Å²) >= 11 is 0. The number of hydrogen-bond donors (Lipinski definition) is 1. The second kappa shape index (κ2) is 4.45. The van der Waals surface area contributed by atoms with Crippen LogP contribution in [0, 0.1) is 23.4 Å². The highest BCUT2D eigenvalue weighted by atomic mass is 19.2. The van der Waals surface area contributed by atoms with Crippen LogP contribution in [-0.2, 0) is 0 Å². The molecule has 1 fully saturated rings. The van der Waals surface area contributed by atoms with E-state index in [1.807, 2.05) is 0 Å². The second-order valence-corrected chi connectivity index (χ2v) is 4.32. The molecule has 0 bridgehead atoms. The van der Waals surface area contributed by atoms with Crippen LogP contribution in [0.5, 0.6) is 0 Å². The Morgan fingerprint density at radius 3 is 2.25 bits per heavy atom. The summed E-state index contributed by atoms with van der Waals surface area (Å²) in [6.07, 6.45) is 3.19. The van der Waals surface area contributed by atoms with Crippen LogP contribution in [0.15, 0.2) is 12.1 Å². The minimum atomic E-state index is -1.40. The largest absolute Gasteiger partial charge is 0.313 e. The van der Waals surface area contributed by atoms with Crippen LogP contribution in [-0.4, -0.2) is 7.05 Å². The molecule has 1 atom stereocenters. The first-order chi connectivity index (χ1) is 7.61. The molecule has 4 heteroatoms. The van der Waals surface area contributed by atoms with Crippen molar-refractivity contribution in [2.24, 2.45) is 5.92 Å². The fourth-order valence-corrected chi connectivity index (χ4v) is 1.88. The Morgan fingerprint density at radius 2 is 1.81 bits per heavy atom. The summed E-state index contributed by atoms with van der Waals surface area (Å²) in [7, 11) is 1.74. The summed E-state index contributed by atoms with van der Waals surface area (Å²) in [5.41, 5.74) is 0.478. The molecule has 0 spiro atoms. The van der Waals surface area contributed by atoms with Crippen molar-refractivity contribution in [2.45, 2.75) is 25.3 Å². The van der Waals surface area contributed by atoms with E-state index >= 15 is 0 Å². The van der Waals surface area contributed by atoms with Gasteiger partial charge in [-0.2, -0.15) is 0 Å². The lowest BCUT2D eigenvalue weighted by Crippen LogP contribution is -2.17. The fourth-order valence-electron chi connectivity index (χ4n) is 1.88. The fraction of sp³-hybridized carbons (Fsp3) is 0.500. The molecule has 0 aliphatic heterocycles. The topological polar surface area (TPSA) is 12.0 Å². The molecule has 0 aromatic heterocycles. The minimum absolute atomic E-state index is 0.0999. The zero-order valence-electron chi connectivity index (χ0n) is 9.06. The number of nitrogens with one attached hydrogen (secondary N) is 1. The van der Waals surface area contributed by atoms with E-state index in [1.165, 1.54) is 12.8 Å². The first-order valence-corrected chi connectivity index (χ1v) is 5.43. The van der Waals surface area contributed by atoms with Gasteiger partial charge >= 0.3 is 0 Å². The Hall–Kier alpha value is -1.03. The molecular weight excluding hydrogens is 215 g/mol. The minimum Gasteiger partial charge on any atom is -0.313 e. The molecule has 1 aliphatic carbocycles. The molecule has 1 saturated carbocycles. The van der Waals surface area contributed by atoms with Crippen LogP contribution < -0.4 is 5.32 Å². The van der Waals surface area contributed by atoms with Gasteiger partial charge in [-0.1, -0.05) is 12.8 Å². The van der Waals surface area contributed by atoms with E-state index < -0.39 is 17.5 Å². The first kappa shape index (κ1) is 11.5. The Kier molecular flexibility index (Phi) is 3.19. The van der Waals surface area contributed by atoms with Gasteiger partial charge in [0.15, 0.2) is 17.5 Å².